The summed E-state index contributed by atoms with van der Waals surface area (Å²) in [5, 5.41) is 2.98. The second-order valence-corrected chi connectivity index (χ2v) is 2.81. The molecule has 2 heterocycles. The fourth-order valence-corrected chi connectivity index (χ4v) is 1.40. The van der Waals surface area contributed by atoms with Crippen LogP contribution in [-0.2, 0) is 6.54 Å². The Bertz CT molecular complexity index is 335. The molecule has 0 amide bonds. The number of hydrogen-bond acceptors (Lipinski definition) is 4. The number of aryl methyl sites for hydroxylation is 1. The van der Waals surface area contributed by atoms with Crippen LogP contribution in [0, 0.1) is 6.92 Å². The van der Waals surface area contributed by atoms with Crippen molar-refractivity contribution < 1.29 is 4.79 Å². The summed E-state index contributed by atoms with van der Waals surface area (Å²) >= 11 is 0. The Hall–Kier alpha value is -1.29. The first kappa shape index (κ1) is 7.36. The number of rotatable bonds is 0. The van der Waals surface area contributed by atoms with Crippen molar-refractivity contribution in [3.05, 3.63) is 23.3 Å². The largest absolute Gasteiger partial charge is 0.304 e. The van der Waals surface area contributed by atoms with Crippen molar-refractivity contribution in [2.45, 2.75) is 13.5 Å². The molecule has 0 aliphatic carbocycles. The van der Waals surface area contributed by atoms with Crippen LogP contribution in [-0.4, -0.2) is 22.3 Å². The van der Waals surface area contributed by atoms with Crippen LogP contribution < -0.4 is 5.32 Å². The van der Waals surface area contributed by atoms with Crippen LogP contribution in [0.5, 0.6) is 0 Å². The van der Waals surface area contributed by atoms with Gasteiger partial charge in [-0.1, -0.05) is 0 Å². The Labute approximate surface area is 70.0 Å². The minimum atomic E-state index is 0.0920. The van der Waals surface area contributed by atoms with Gasteiger partial charge in [0, 0.05) is 6.54 Å². The van der Waals surface area contributed by atoms with Gasteiger partial charge in [-0.25, -0.2) is 9.97 Å². The number of fused-ring (bicyclic) bond motifs is 1. The lowest BCUT2D eigenvalue weighted by Crippen LogP contribution is -2.31. The average Bonchev–Trinajstić information content (AvgIpc) is 2.04. The summed E-state index contributed by atoms with van der Waals surface area (Å²) in [7, 11) is 0. The number of carbonyl (C=O) groups excluding carboxylic acids is 1. The second-order valence-electron chi connectivity index (χ2n) is 2.81. The van der Waals surface area contributed by atoms with Gasteiger partial charge in [-0.3, -0.25) is 4.79 Å². The van der Waals surface area contributed by atoms with Gasteiger partial charge < -0.3 is 5.32 Å². The Kier molecular flexibility index (Phi) is 1.62. The molecule has 0 radical (unpaired) electrons. The SMILES string of the molecule is Cc1ncnc2c1C(=O)CNC2. The summed E-state index contributed by atoms with van der Waals surface area (Å²) in [4.78, 5) is 19.4. The van der Waals surface area contributed by atoms with E-state index in [-0.39, 0.29) is 5.78 Å². The third-order valence-corrected chi connectivity index (χ3v) is 1.97. The molecule has 1 aliphatic rings. The highest BCUT2D eigenvalue weighted by atomic mass is 16.1. The first-order chi connectivity index (χ1) is 5.79. The predicted octanol–water partition coefficient (Wildman–Crippen LogP) is 0.0709. The summed E-state index contributed by atoms with van der Waals surface area (Å²) in [6, 6.07) is 0. The van der Waals surface area contributed by atoms with Gasteiger partial charge in [0.1, 0.15) is 6.33 Å². The third-order valence-electron chi connectivity index (χ3n) is 1.97. The van der Waals surface area contributed by atoms with Crippen molar-refractivity contribution in [2.24, 2.45) is 0 Å². The predicted molar refractivity (Wildman–Crippen MR) is 42.8 cm³/mol. The number of Topliss-reactive ketones (excluding diaryl/α,β-unsaturated/α-hetero) is 1. The minimum Gasteiger partial charge on any atom is -0.304 e. The van der Waals surface area contributed by atoms with E-state index in [0.29, 0.717) is 18.7 Å². The third kappa shape index (κ3) is 1.00. The monoisotopic (exact) mass is 163 g/mol. The molecule has 62 valence electrons. The van der Waals surface area contributed by atoms with Gasteiger partial charge in [0.25, 0.3) is 0 Å². The molecule has 0 aromatic carbocycles. The average molecular weight is 163 g/mol. The highest BCUT2D eigenvalue weighted by Gasteiger charge is 2.19. The lowest BCUT2D eigenvalue weighted by Gasteiger charge is -2.15. The molecular formula is C8H9N3O. The van der Waals surface area contributed by atoms with Gasteiger partial charge in [0.15, 0.2) is 5.78 Å². The van der Waals surface area contributed by atoms with Gasteiger partial charge in [0.2, 0.25) is 0 Å². The van der Waals surface area contributed by atoms with Crippen molar-refractivity contribution in [2.75, 3.05) is 6.54 Å². The number of ketones is 1. The molecule has 1 aromatic heterocycles. The Balaban J connectivity index is 2.60. The molecule has 1 aliphatic heterocycles. The van der Waals surface area contributed by atoms with Crippen molar-refractivity contribution in [1.82, 2.24) is 15.3 Å². The smallest absolute Gasteiger partial charge is 0.180 e. The number of aromatic nitrogens is 2. The van der Waals surface area contributed by atoms with E-state index in [1.54, 1.807) is 0 Å². The maximum Gasteiger partial charge on any atom is 0.180 e. The number of nitrogens with one attached hydrogen (secondary N) is 1. The highest BCUT2D eigenvalue weighted by molar-refractivity contribution is 6.00. The normalized spacial score (nSPS) is 15.9. The Morgan fingerprint density at radius 3 is 3.00 bits per heavy atom. The van der Waals surface area contributed by atoms with Crippen LogP contribution in [0.15, 0.2) is 6.33 Å². The molecule has 1 N–H and O–H groups in total. The first-order valence-corrected chi connectivity index (χ1v) is 3.83. The molecule has 0 bridgehead atoms. The van der Waals surface area contributed by atoms with Crippen molar-refractivity contribution in [3.8, 4) is 0 Å². The molecule has 1 aromatic rings. The maximum absolute atomic E-state index is 11.4. The molecule has 4 nitrogen and oxygen atoms in total. The molecule has 0 fully saturated rings. The molecule has 0 atom stereocenters. The van der Waals surface area contributed by atoms with E-state index in [2.05, 4.69) is 15.3 Å². The zero-order valence-corrected chi connectivity index (χ0v) is 6.79. The quantitative estimate of drug-likeness (QED) is 0.588. The fourth-order valence-electron chi connectivity index (χ4n) is 1.40. The van der Waals surface area contributed by atoms with Gasteiger partial charge in [-0.15, -0.1) is 0 Å². The highest BCUT2D eigenvalue weighted by Crippen LogP contribution is 2.12. The molecule has 4 heteroatoms. The summed E-state index contributed by atoms with van der Waals surface area (Å²) in [5.74, 6) is 0.0920. The molecule has 0 spiro atoms. The number of hydrogen-bond donors (Lipinski definition) is 1. The number of carbonyl (C=O) groups is 1. The zero-order chi connectivity index (χ0) is 8.55. The standard InChI is InChI=1S/C8H9N3O/c1-5-8-6(11-4-10-5)2-9-3-7(8)12/h4,9H,2-3H2,1H3. The molecule has 0 saturated carbocycles. The Morgan fingerprint density at radius 1 is 1.42 bits per heavy atom. The lowest BCUT2D eigenvalue weighted by molar-refractivity contribution is 0.0980. The van der Waals surface area contributed by atoms with E-state index < -0.39 is 0 Å². The van der Waals surface area contributed by atoms with Crippen molar-refractivity contribution >= 4 is 5.78 Å². The van der Waals surface area contributed by atoms with E-state index in [0.717, 1.165) is 11.4 Å². The van der Waals surface area contributed by atoms with Gasteiger partial charge in [-0.05, 0) is 6.92 Å². The lowest BCUT2D eigenvalue weighted by atomic mass is 10.0. The van der Waals surface area contributed by atoms with E-state index in [1.165, 1.54) is 6.33 Å². The molecule has 12 heavy (non-hydrogen) atoms. The van der Waals surface area contributed by atoms with Gasteiger partial charge in [0.05, 0.1) is 23.5 Å². The van der Waals surface area contributed by atoms with E-state index in [4.69, 9.17) is 0 Å². The minimum absolute atomic E-state index is 0.0920. The summed E-state index contributed by atoms with van der Waals surface area (Å²) in [6.45, 7) is 2.91. The van der Waals surface area contributed by atoms with Crippen LogP contribution in [0.25, 0.3) is 0 Å². The van der Waals surface area contributed by atoms with Crippen molar-refractivity contribution in [3.63, 3.8) is 0 Å². The molecular weight excluding hydrogens is 154 g/mol. The van der Waals surface area contributed by atoms with E-state index >= 15 is 0 Å². The van der Waals surface area contributed by atoms with Crippen molar-refractivity contribution in [1.29, 1.82) is 0 Å². The summed E-state index contributed by atoms with van der Waals surface area (Å²) < 4.78 is 0. The maximum atomic E-state index is 11.4. The van der Waals surface area contributed by atoms with Gasteiger partial charge >= 0.3 is 0 Å². The van der Waals surface area contributed by atoms with E-state index in [9.17, 15) is 4.79 Å². The van der Waals surface area contributed by atoms with Crippen LogP contribution in [0.1, 0.15) is 21.7 Å². The number of nitrogens with zero attached hydrogens (tertiary/aromatic N) is 2. The second kappa shape index (κ2) is 2.64. The molecule has 2 rings (SSSR count). The van der Waals surface area contributed by atoms with Crippen LogP contribution in [0.2, 0.25) is 0 Å². The first-order valence-electron chi connectivity index (χ1n) is 3.83. The van der Waals surface area contributed by atoms with Crippen LogP contribution >= 0.6 is 0 Å². The van der Waals surface area contributed by atoms with Gasteiger partial charge in [-0.2, -0.15) is 0 Å². The topological polar surface area (TPSA) is 54.9 Å². The fraction of sp³-hybridized carbons (Fsp3) is 0.375. The van der Waals surface area contributed by atoms with Crippen LogP contribution in [0.3, 0.4) is 0 Å². The van der Waals surface area contributed by atoms with E-state index in [1.807, 2.05) is 6.92 Å². The summed E-state index contributed by atoms with van der Waals surface area (Å²) in [6.07, 6.45) is 1.49. The Morgan fingerprint density at radius 2 is 2.25 bits per heavy atom. The molecule has 0 saturated heterocycles. The summed E-state index contributed by atoms with van der Waals surface area (Å²) in [5.41, 5.74) is 2.31. The molecule has 0 unspecified atom stereocenters. The van der Waals surface area contributed by atoms with Crippen LogP contribution in [0.4, 0.5) is 0 Å². The zero-order valence-electron chi connectivity index (χ0n) is 6.79.